The second-order valence-electron chi connectivity index (χ2n) is 4.36. The topological polar surface area (TPSA) is 40.7 Å². The second-order valence-corrected chi connectivity index (χ2v) is 4.36. The van der Waals surface area contributed by atoms with Gasteiger partial charge >= 0.3 is 0 Å². The van der Waals surface area contributed by atoms with Crippen molar-refractivity contribution in [3.05, 3.63) is 29.8 Å². The van der Waals surface area contributed by atoms with Crippen molar-refractivity contribution in [1.29, 1.82) is 0 Å². The van der Waals surface area contributed by atoms with Crippen LogP contribution < -0.4 is 5.32 Å². The molecule has 0 radical (unpaired) electrons. The number of fused-ring (bicyclic) bond motifs is 1. The molecule has 0 bridgehead atoms. The summed E-state index contributed by atoms with van der Waals surface area (Å²) in [5, 5.41) is 4.43. The van der Waals surface area contributed by atoms with Crippen LogP contribution >= 0.6 is 0 Å². The maximum atomic E-state index is 12.9. The molecule has 3 rings (SSSR count). The average molecular weight is 219 g/mol. The molecule has 84 valence electrons. The highest BCUT2D eigenvalue weighted by Crippen LogP contribution is 2.17. The predicted octanol–water partition coefficient (Wildman–Crippen LogP) is 2.00. The van der Waals surface area contributed by atoms with E-state index < -0.39 is 5.95 Å². The zero-order chi connectivity index (χ0) is 11.0. The van der Waals surface area contributed by atoms with E-state index in [-0.39, 0.29) is 0 Å². The van der Waals surface area contributed by atoms with Gasteiger partial charge in [-0.25, -0.2) is 4.98 Å². The number of aromatic nitrogens is 2. The van der Waals surface area contributed by atoms with E-state index in [1.54, 1.807) is 6.07 Å². The van der Waals surface area contributed by atoms with Crippen LogP contribution in [0.4, 0.5) is 4.39 Å². The fourth-order valence-corrected chi connectivity index (χ4v) is 2.34. The number of rotatable bonds is 2. The first-order chi connectivity index (χ1) is 7.81. The minimum atomic E-state index is -0.431. The van der Waals surface area contributed by atoms with E-state index in [1.807, 2.05) is 0 Å². The van der Waals surface area contributed by atoms with Gasteiger partial charge in [-0.3, -0.25) is 0 Å². The van der Waals surface area contributed by atoms with Crippen molar-refractivity contribution < 1.29 is 4.39 Å². The molecule has 0 unspecified atom stereocenters. The molecule has 16 heavy (non-hydrogen) atoms. The lowest BCUT2D eigenvalue weighted by molar-refractivity contribution is 0.587. The Hall–Kier alpha value is -1.42. The third-order valence-corrected chi connectivity index (χ3v) is 3.13. The number of hydrogen-bond acceptors (Lipinski definition) is 2. The van der Waals surface area contributed by atoms with Crippen molar-refractivity contribution in [3.8, 4) is 0 Å². The molecule has 1 aliphatic heterocycles. The number of halogens is 1. The summed E-state index contributed by atoms with van der Waals surface area (Å²) in [5.41, 5.74) is 1.78. The first-order valence-corrected chi connectivity index (χ1v) is 5.69. The average Bonchev–Trinajstić information content (AvgIpc) is 2.86. The molecular weight excluding hydrogens is 205 g/mol. The zero-order valence-electron chi connectivity index (χ0n) is 8.96. The summed E-state index contributed by atoms with van der Waals surface area (Å²) in [5.74, 6) is -0.431. The molecule has 2 aromatic heterocycles. The molecule has 4 heteroatoms. The molecule has 0 spiro atoms. The number of pyridine rings is 1. The first-order valence-electron chi connectivity index (χ1n) is 5.69. The van der Waals surface area contributed by atoms with Crippen LogP contribution in [0.1, 0.15) is 18.5 Å². The summed E-state index contributed by atoms with van der Waals surface area (Å²) in [6.07, 6.45) is 3.44. The Morgan fingerprint density at radius 1 is 1.44 bits per heavy atom. The van der Waals surface area contributed by atoms with Gasteiger partial charge in [0.05, 0.1) is 0 Å². The number of nitrogens with one attached hydrogen (secondary N) is 2. The van der Waals surface area contributed by atoms with E-state index in [9.17, 15) is 4.39 Å². The Balaban J connectivity index is 1.86. The van der Waals surface area contributed by atoms with Crippen LogP contribution in [0.3, 0.4) is 0 Å². The molecule has 3 heterocycles. The summed E-state index contributed by atoms with van der Waals surface area (Å²) >= 11 is 0. The summed E-state index contributed by atoms with van der Waals surface area (Å²) < 4.78 is 12.9. The molecule has 2 aromatic rings. The molecular formula is C12H14FN3. The Kier molecular flexibility index (Phi) is 2.36. The minimum Gasteiger partial charge on any atom is -0.343 e. The van der Waals surface area contributed by atoms with Crippen molar-refractivity contribution in [2.75, 3.05) is 6.54 Å². The SMILES string of the molecule is Fc1ccc2cc(C[C@@H]3CCCN3)[nH]c2n1. The summed E-state index contributed by atoms with van der Waals surface area (Å²) in [6.45, 7) is 1.11. The highest BCUT2D eigenvalue weighted by atomic mass is 19.1. The zero-order valence-corrected chi connectivity index (χ0v) is 8.96. The monoisotopic (exact) mass is 219 g/mol. The number of nitrogens with zero attached hydrogens (tertiary/aromatic N) is 1. The van der Waals surface area contributed by atoms with Crippen LogP contribution in [-0.4, -0.2) is 22.6 Å². The van der Waals surface area contributed by atoms with Gasteiger partial charge in [-0.05, 0) is 37.6 Å². The van der Waals surface area contributed by atoms with Gasteiger partial charge in [-0.1, -0.05) is 0 Å². The molecule has 1 atom stereocenters. The van der Waals surface area contributed by atoms with Gasteiger partial charge in [0.25, 0.3) is 0 Å². The largest absolute Gasteiger partial charge is 0.343 e. The van der Waals surface area contributed by atoms with E-state index in [2.05, 4.69) is 21.4 Å². The summed E-state index contributed by atoms with van der Waals surface area (Å²) in [7, 11) is 0. The maximum absolute atomic E-state index is 12.9. The van der Waals surface area contributed by atoms with Gasteiger partial charge in [0, 0.05) is 23.5 Å². The van der Waals surface area contributed by atoms with Crippen LogP contribution in [0, 0.1) is 5.95 Å². The molecule has 1 saturated heterocycles. The quantitative estimate of drug-likeness (QED) is 0.758. The number of H-pyrrole nitrogens is 1. The summed E-state index contributed by atoms with van der Waals surface area (Å²) in [6, 6.07) is 5.77. The molecule has 0 saturated carbocycles. The fraction of sp³-hybridized carbons (Fsp3) is 0.417. The standard InChI is InChI=1S/C12H14FN3/c13-11-4-3-8-6-10(15-12(8)16-11)7-9-2-1-5-14-9/h3-4,6,9,14H,1-2,5,7H2,(H,15,16)/t9-/m0/s1. The van der Waals surface area contributed by atoms with Crippen molar-refractivity contribution in [3.63, 3.8) is 0 Å². The molecule has 1 fully saturated rings. The highest BCUT2D eigenvalue weighted by molar-refractivity contribution is 5.76. The van der Waals surface area contributed by atoms with Crippen LogP contribution in [0.5, 0.6) is 0 Å². The van der Waals surface area contributed by atoms with Gasteiger partial charge < -0.3 is 10.3 Å². The van der Waals surface area contributed by atoms with Gasteiger partial charge in [-0.15, -0.1) is 0 Å². The van der Waals surface area contributed by atoms with Crippen LogP contribution in [0.15, 0.2) is 18.2 Å². The minimum absolute atomic E-state index is 0.431. The predicted molar refractivity (Wildman–Crippen MR) is 60.8 cm³/mol. The molecule has 0 amide bonds. The lowest BCUT2D eigenvalue weighted by Gasteiger charge is -2.07. The number of aromatic amines is 1. The smallest absolute Gasteiger partial charge is 0.214 e. The van der Waals surface area contributed by atoms with Crippen molar-refractivity contribution >= 4 is 11.0 Å². The van der Waals surface area contributed by atoms with E-state index >= 15 is 0 Å². The van der Waals surface area contributed by atoms with Crippen molar-refractivity contribution in [1.82, 2.24) is 15.3 Å². The first kappa shape index (κ1) is 9.78. The molecule has 3 nitrogen and oxygen atoms in total. The van der Waals surface area contributed by atoms with Gasteiger partial charge in [0.2, 0.25) is 5.95 Å². The van der Waals surface area contributed by atoms with E-state index in [4.69, 9.17) is 0 Å². The molecule has 2 N–H and O–H groups in total. The Morgan fingerprint density at radius 2 is 2.38 bits per heavy atom. The summed E-state index contributed by atoms with van der Waals surface area (Å²) in [4.78, 5) is 7.00. The van der Waals surface area contributed by atoms with Crippen LogP contribution in [0.2, 0.25) is 0 Å². The normalized spacial score (nSPS) is 20.7. The second kappa shape index (κ2) is 3.87. The Morgan fingerprint density at radius 3 is 3.19 bits per heavy atom. The van der Waals surface area contributed by atoms with E-state index in [0.717, 1.165) is 24.0 Å². The maximum Gasteiger partial charge on any atom is 0.214 e. The third-order valence-electron chi connectivity index (χ3n) is 3.13. The van der Waals surface area contributed by atoms with Gasteiger partial charge in [0.1, 0.15) is 5.65 Å². The Labute approximate surface area is 93.1 Å². The third kappa shape index (κ3) is 1.80. The van der Waals surface area contributed by atoms with Gasteiger partial charge in [0.15, 0.2) is 0 Å². The number of hydrogen-bond donors (Lipinski definition) is 2. The lowest BCUT2D eigenvalue weighted by atomic mass is 10.1. The van der Waals surface area contributed by atoms with Crippen LogP contribution in [0.25, 0.3) is 11.0 Å². The fourth-order valence-electron chi connectivity index (χ4n) is 2.34. The molecule has 0 aliphatic carbocycles. The highest BCUT2D eigenvalue weighted by Gasteiger charge is 2.15. The van der Waals surface area contributed by atoms with E-state index in [1.165, 1.54) is 18.9 Å². The molecule has 0 aromatic carbocycles. The van der Waals surface area contributed by atoms with Crippen molar-refractivity contribution in [2.45, 2.75) is 25.3 Å². The van der Waals surface area contributed by atoms with Gasteiger partial charge in [-0.2, -0.15) is 4.39 Å². The lowest BCUT2D eigenvalue weighted by Crippen LogP contribution is -2.23. The molecule has 1 aliphatic rings. The van der Waals surface area contributed by atoms with Crippen LogP contribution in [-0.2, 0) is 6.42 Å². The van der Waals surface area contributed by atoms with Crippen molar-refractivity contribution in [2.24, 2.45) is 0 Å². The Bertz CT molecular complexity index is 500. The van der Waals surface area contributed by atoms with E-state index in [0.29, 0.717) is 11.7 Å².